The van der Waals surface area contributed by atoms with Crippen LogP contribution in [0.4, 0.5) is 4.79 Å². The van der Waals surface area contributed by atoms with Crippen molar-refractivity contribution in [2.24, 2.45) is 18.9 Å². The third-order valence-corrected chi connectivity index (χ3v) is 8.44. The summed E-state index contributed by atoms with van der Waals surface area (Å²) in [4.78, 5) is 21.9. The van der Waals surface area contributed by atoms with Gasteiger partial charge in [-0.15, -0.1) is 0 Å². The van der Waals surface area contributed by atoms with Crippen LogP contribution in [0.25, 0.3) is 10.9 Å². The smallest absolute Gasteiger partial charge is 0.407 e. The maximum absolute atomic E-state index is 12.4. The zero-order chi connectivity index (χ0) is 26.2. The lowest BCUT2D eigenvalue weighted by atomic mass is 9.74. The van der Waals surface area contributed by atoms with Crippen LogP contribution in [0.2, 0.25) is 5.02 Å². The number of nitrogens with zero attached hydrogens (tertiary/aromatic N) is 4. The van der Waals surface area contributed by atoms with E-state index < -0.39 is 11.7 Å². The van der Waals surface area contributed by atoms with Gasteiger partial charge in [0.1, 0.15) is 5.60 Å². The van der Waals surface area contributed by atoms with Crippen molar-refractivity contribution in [3.63, 3.8) is 0 Å². The molecule has 1 amide bonds. The number of fused-ring (bicyclic) bond motifs is 1. The highest BCUT2D eigenvalue weighted by Crippen LogP contribution is 2.44. The number of rotatable bonds is 6. The van der Waals surface area contributed by atoms with E-state index in [9.17, 15) is 15.0 Å². The highest BCUT2D eigenvalue weighted by molar-refractivity contribution is 6.36. The minimum atomic E-state index is -1.38. The Hall–Kier alpha value is -2.88. The number of methoxy groups -OCH3 is 1. The van der Waals surface area contributed by atoms with E-state index >= 15 is 0 Å². The molecular formula is C27H33ClN4O5. The Labute approximate surface area is 221 Å². The van der Waals surface area contributed by atoms with Crippen molar-refractivity contribution in [1.29, 1.82) is 0 Å². The van der Waals surface area contributed by atoms with Crippen molar-refractivity contribution in [1.82, 2.24) is 19.4 Å². The van der Waals surface area contributed by atoms with Crippen LogP contribution in [0, 0.1) is 11.8 Å². The van der Waals surface area contributed by atoms with E-state index in [1.165, 1.54) is 4.90 Å². The fourth-order valence-corrected chi connectivity index (χ4v) is 6.18. The van der Waals surface area contributed by atoms with E-state index in [0.29, 0.717) is 59.5 Å². The normalized spacial score (nSPS) is 19.2. The summed E-state index contributed by atoms with van der Waals surface area (Å²) < 4.78 is 13.0. The Bertz CT molecular complexity index is 1280. The van der Waals surface area contributed by atoms with Crippen LogP contribution < -0.4 is 4.74 Å². The molecule has 3 aromatic rings. The summed E-state index contributed by atoms with van der Waals surface area (Å²) in [5.41, 5.74) is 1.52. The molecule has 0 radical (unpaired) electrons. The van der Waals surface area contributed by atoms with Crippen LogP contribution in [-0.2, 0) is 23.8 Å². The standard InChI is InChI=1S/C27H33ClN4O5/c1-31-16-29-15-23(31)27(35,18-5-9-32(10-6-18)26(33)34)19-3-4-22-20(14-19)24(28)21(25(30-22)36-2)13-17-7-11-37-12-8-17/h3-4,14-18,35H,5-13H2,1-2H3,(H,33,34). The molecule has 198 valence electrons. The minimum absolute atomic E-state index is 0.206. The quantitative estimate of drug-likeness (QED) is 0.492. The average Bonchev–Trinajstić information content (AvgIpc) is 3.36. The molecule has 2 aliphatic heterocycles. The van der Waals surface area contributed by atoms with Gasteiger partial charge < -0.3 is 29.2 Å². The van der Waals surface area contributed by atoms with Crippen LogP contribution in [0.15, 0.2) is 30.7 Å². The van der Waals surface area contributed by atoms with Gasteiger partial charge in [0.25, 0.3) is 0 Å². The molecule has 2 aliphatic rings. The van der Waals surface area contributed by atoms with E-state index in [4.69, 9.17) is 26.1 Å². The molecule has 10 heteroatoms. The Morgan fingerprint density at radius 2 is 1.97 bits per heavy atom. The summed E-state index contributed by atoms with van der Waals surface area (Å²) in [5, 5.41) is 23.2. The number of carbonyl (C=O) groups is 1. The summed E-state index contributed by atoms with van der Waals surface area (Å²) >= 11 is 7.04. The molecule has 0 spiro atoms. The topological polar surface area (TPSA) is 110 Å². The lowest BCUT2D eigenvalue weighted by molar-refractivity contribution is -0.0173. The second kappa shape index (κ2) is 10.5. The predicted octanol–water partition coefficient (Wildman–Crippen LogP) is 4.23. The Morgan fingerprint density at radius 1 is 1.24 bits per heavy atom. The first kappa shape index (κ1) is 25.8. The molecule has 0 aliphatic carbocycles. The van der Waals surface area contributed by atoms with E-state index in [0.717, 1.165) is 43.4 Å². The largest absolute Gasteiger partial charge is 0.481 e. The highest BCUT2D eigenvalue weighted by atomic mass is 35.5. The number of halogens is 1. The van der Waals surface area contributed by atoms with Crippen molar-refractivity contribution in [3.05, 3.63) is 52.6 Å². The lowest BCUT2D eigenvalue weighted by Gasteiger charge is -2.41. The number of aromatic nitrogens is 3. The Balaban J connectivity index is 1.59. The van der Waals surface area contributed by atoms with Crippen LogP contribution in [0.3, 0.4) is 0 Å². The van der Waals surface area contributed by atoms with Crippen LogP contribution in [0.1, 0.15) is 42.5 Å². The number of hydrogen-bond acceptors (Lipinski definition) is 6. The fraction of sp³-hybridized carbons (Fsp3) is 0.519. The van der Waals surface area contributed by atoms with Crippen molar-refractivity contribution in [3.8, 4) is 5.88 Å². The molecule has 2 saturated heterocycles. The Kier molecular flexibility index (Phi) is 7.29. The van der Waals surface area contributed by atoms with Gasteiger partial charge in [-0.2, -0.15) is 0 Å². The van der Waals surface area contributed by atoms with Crippen molar-refractivity contribution < 1.29 is 24.5 Å². The van der Waals surface area contributed by atoms with Gasteiger partial charge >= 0.3 is 6.09 Å². The van der Waals surface area contributed by atoms with Gasteiger partial charge in [-0.3, -0.25) is 0 Å². The predicted molar refractivity (Wildman–Crippen MR) is 139 cm³/mol. The maximum Gasteiger partial charge on any atom is 0.407 e. The second-order valence-corrected chi connectivity index (χ2v) is 10.5. The van der Waals surface area contributed by atoms with Crippen molar-refractivity contribution >= 4 is 28.6 Å². The van der Waals surface area contributed by atoms with Crippen LogP contribution >= 0.6 is 11.6 Å². The molecule has 0 saturated carbocycles. The first-order valence-electron chi connectivity index (χ1n) is 12.7. The number of amides is 1. The number of aryl methyl sites for hydroxylation is 1. The van der Waals surface area contributed by atoms with E-state index in [-0.39, 0.29) is 5.92 Å². The molecule has 1 atom stereocenters. The fourth-order valence-electron chi connectivity index (χ4n) is 5.87. The molecule has 2 fully saturated rings. The number of benzene rings is 1. The van der Waals surface area contributed by atoms with Gasteiger partial charge in [0, 0.05) is 50.2 Å². The van der Waals surface area contributed by atoms with Gasteiger partial charge in [-0.05, 0) is 55.7 Å². The van der Waals surface area contributed by atoms with E-state index in [1.54, 1.807) is 19.6 Å². The average molecular weight is 529 g/mol. The number of ether oxygens (including phenoxy) is 2. The molecule has 0 bridgehead atoms. The van der Waals surface area contributed by atoms with E-state index in [1.807, 2.05) is 29.8 Å². The maximum atomic E-state index is 12.4. The first-order valence-corrected chi connectivity index (χ1v) is 13.1. The van der Waals surface area contributed by atoms with Crippen LogP contribution in [-0.4, -0.2) is 69.2 Å². The molecule has 1 unspecified atom stereocenters. The molecular weight excluding hydrogens is 496 g/mol. The van der Waals surface area contributed by atoms with Gasteiger partial charge in [0.05, 0.1) is 35.9 Å². The third-order valence-electron chi connectivity index (χ3n) is 8.01. The SMILES string of the molecule is COc1nc2ccc(C(O)(c3cncn3C)C3CCN(C(=O)O)CC3)cc2c(Cl)c1CC1CCOCC1. The Morgan fingerprint density at radius 3 is 2.59 bits per heavy atom. The van der Waals surface area contributed by atoms with Gasteiger partial charge in [-0.1, -0.05) is 17.7 Å². The van der Waals surface area contributed by atoms with Crippen molar-refractivity contribution in [2.75, 3.05) is 33.4 Å². The monoisotopic (exact) mass is 528 g/mol. The number of carboxylic acid groups (broad SMARTS) is 1. The number of pyridine rings is 1. The summed E-state index contributed by atoms with van der Waals surface area (Å²) in [6, 6.07) is 5.67. The van der Waals surface area contributed by atoms with E-state index in [2.05, 4.69) is 4.98 Å². The molecule has 5 rings (SSSR count). The number of imidazole rings is 1. The number of piperidine rings is 1. The molecule has 2 aromatic heterocycles. The van der Waals surface area contributed by atoms with Gasteiger partial charge in [0.2, 0.25) is 5.88 Å². The highest BCUT2D eigenvalue weighted by Gasteiger charge is 2.44. The minimum Gasteiger partial charge on any atom is -0.481 e. The summed E-state index contributed by atoms with van der Waals surface area (Å²) in [6.45, 7) is 2.22. The number of hydrogen-bond donors (Lipinski definition) is 2. The number of likely N-dealkylation sites (tertiary alicyclic amines) is 1. The zero-order valence-electron chi connectivity index (χ0n) is 21.2. The van der Waals surface area contributed by atoms with Gasteiger partial charge in [0.15, 0.2) is 0 Å². The molecule has 1 aromatic carbocycles. The number of aliphatic hydroxyl groups is 1. The first-order chi connectivity index (χ1) is 17.8. The summed E-state index contributed by atoms with van der Waals surface area (Å²) in [5.74, 6) is 0.760. The summed E-state index contributed by atoms with van der Waals surface area (Å²) in [7, 11) is 3.46. The lowest BCUT2D eigenvalue weighted by Crippen LogP contribution is -2.46. The van der Waals surface area contributed by atoms with Crippen LogP contribution in [0.5, 0.6) is 5.88 Å². The molecule has 9 nitrogen and oxygen atoms in total. The molecule has 2 N–H and O–H groups in total. The van der Waals surface area contributed by atoms with Crippen molar-refractivity contribution in [2.45, 2.75) is 37.7 Å². The second-order valence-electron chi connectivity index (χ2n) is 10.1. The molecule has 37 heavy (non-hydrogen) atoms. The third kappa shape index (κ3) is 4.76. The molecule has 4 heterocycles. The summed E-state index contributed by atoms with van der Waals surface area (Å²) in [6.07, 6.45) is 6.14. The zero-order valence-corrected chi connectivity index (χ0v) is 21.9. The van der Waals surface area contributed by atoms with Gasteiger partial charge in [-0.25, -0.2) is 14.8 Å².